The highest BCUT2D eigenvalue weighted by molar-refractivity contribution is 5.78. The number of hydrogen-bond acceptors (Lipinski definition) is 9. The molecule has 0 atom stereocenters. The van der Waals surface area contributed by atoms with Crippen LogP contribution in [0.4, 0.5) is 26.1 Å². The molecule has 5 heterocycles. The highest BCUT2D eigenvalue weighted by atomic mass is 19.3. The number of ether oxygens (including phenoxy) is 1. The number of anilines is 3. The number of aryl methyl sites for hydroxylation is 1. The quantitative estimate of drug-likeness (QED) is 0.280. The Morgan fingerprint density at radius 2 is 1.95 bits per heavy atom. The fraction of sp³-hybridized carbons (Fsp3) is 0.393. The Kier molecular flexibility index (Phi) is 7.01. The van der Waals surface area contributed by atoms with Gasteiger partial charge in [-0.2, -0.15) is 13.9 Å². The lowest BCUT2D eigenvalue weighted by atomic mass is 9.83. The van der Waals surface area contributed by atoms with Crippen LogP contribution in [0.2, 0.25) is 0 Å². The molecule has 40 heavy (non-hydrogen) atoms. The number of fused-ring (bicyclic) bond motifs is 1. The highest BCUT2D eigenvalue weighted by Crippen LogP contribution is 2.34. The van der Waals surface area contributed by atoms with Crippen LogP contribution in [0.3, 0.4) is 0 Å². The van der Waals surface area contributed by atoms with Crippen molar-refractivity contribution in [2.45, 2.75) is 63.6 Å². The molecule has 1 saturated carbocycles. The van der Waals surface area contributed by atoms with E-state index in [1.54, 1.807) is 30.7 Å². The first-order valence-electron chi connectivity index (χ1n) is 13.4. The molecule has 0 amide bonds. The van der Waals surface area contributed by atoms with E-state index in [2.05, 4.69) is 35.7 Å². The molecule has 3 N–H and O–H groups in total. The van der Waals surface area contributed by atoms with Crippen molar-refractivity contribution in [3.05, 3.63) is 54.6 Å². The maximum absolute atomic E-state index is 13.2. The topological polar surface area (TPSA) is 123 Å². The van der Waals surface area contributed by atoms with Crippen LogP contribution in [-0.4, -0.2) is 53.1 Å². The summed E-state index contributed by atoms with van der Waals surface area (Å²) in [7, 11) is 0. The van der Waals surface area contributed by atoms with Crippen molar-refractivity contribution in [3.63, 3.8) is 0 Å². The van der Waals surface area contributed by atoms with Crippen LogP contribution in [-0.2, 0) is 6.42 Å². The van der Waals surface area contributed by atoms with E-state index in [4.69, 9.17) is 4.74 Å². The van der Waals surface area contributed by atoms with Gasteiger partial charge in [-0.15, -0.1) is 0 Å². The van der Waals surface area contributed by atoms with Gasteiger partial charge in [-0.05, 0) is 63.6 Å². The van der Waals surface area contributed by atoms with Crippen LogP contribution in [0.25, 0.3) is 22.6 Å². The summed E-state index contributed by atoms with van der Waals surface area (Å²) in [5.41, 5.74) is 2.86. The zero-order valence-corrected chi connectivity index (χ0v) is 22.0. The maximum atomic E-state index is 13.2. The number of nitrogens with one attached hydrogen (secondary N) is 2. The molecule has 208 valence electrons. The lowest BCUT2D eigenvalue weighted by Gasteiger charge is -2.34. The third-order valence-corrected chi connectivity index (χ3v) is 7.34. The normalized spacial score (nSPS) is 20.6. The molecular weight excluding hydrogens is 518 g/mol. The molecule has 0 aromatic carbocycles. The summed E-state index contributed by atoms with van der Waals surface area (Å²) < 4.78 is 32.6. The second kappa shape index (κ2) is 10.8. The van der Waals surface area contributed by atoms with Crippen molar-refractivity contribution < 1.29 is 18.6 Å². The number of alkyl halides is 2. The second-order valence-corrected chi connectivity index (χ2v) is 10.5. The molecule has 4 aromatic rings. The van der Waals surface area contributed by atoms with Gasteiger partial charge in [0.15, 0.2) is 5.82 Å². The van der Waals surface area contributed by atoms with E-state index < -0.39 is 12.2 Å². The average molecular weight is 549 g/mol. The van der Waals surface area contributed by atoms with Crippen LogP contribution >= 0.6 is 0 Å². The van der Waals surface area contributed by atoms with Gasteiger partial charge in [-0.1, -0.05) is 0 Å². The summed E-state index contributed by atoms with van der Waals surface area (Å²) in [6.07, 6.45) is 11.0. The zero-order chi connectivity index (χ0) is 27.7. The van der Waals surface area contributed by atoms with Crippen molar-refractivity contribution in [1.29, 1.82) is 0 Å². The SMILES string of the molecule is CC1(O)CCC(Nc2cc(Nc3ccnc(-c4cnc5c(c4)CCCO5)n3)ncc2-c2ccn(C(F)F)n2)CC1. The summed E-state index contributed by atoms with van der Waals surface area (Å²) in [6.45, 7) is -0.207. The minimum Gasteiger partial charge on any atom is -0.477 e. The van der Waals surface area contributed by atoms with Crippen molar-refractivity contribution in [2.75, 3.05) is 17.2 Å². The molecule has 0 spiro atoms. The number of nitrogens with zero attached hydrogens (tertiary/aromatic N) is 6. The molecule has 0 bridgehead atoms. The van der Waals surface area contributed by atoms with Gasteiger partial charge in [0.25, 0.3) is 0 Å². The van der Waals surface area contributed by atoms with Gasteiger partial charge < -0.3 is 20.5 Å². The molecule has 0 saturated heterocycles. The van der Waals surface area contributed by atoms with Gasteiger partial charge >= 0.3 is 6.55 Å². The van der Waals surface area contributed by atoms with Gasteiger partial charge in [-0.3, -0.25) is 0 Å². The number of aromatic nitrogens is 6. The first-order valence-corrected chi connectivity index (χ1v) is 13.4. The van der Waals surface area contributed by atoms with E-state index in [1.807, 2.05) is 19.1 Å². The van der Waals surface area contributed by atoms with Crippen molar-refractivity contribution >= 4 is 17.3 Å². The van der Waals surface area contributed by atoms with Crippen LogP contribution < -0.4 is 15.4 Å². The lowest BCUT2D eigenvalue weighted by molar-refractivity contribution is 0.0196. The number of halogens is 2. The molecule has 1 fully saturated rings. The van der Waals surface area contributed by atoms with Crippen molar-refractivity contribution in [1.82, 2.24) is 29.7 Å². The second-order valence-electron chi connectivity index (χ2n) is 10.5. The molecule has 6 rings (SSSR count). The summed E-state index contributed by atoms with van der Waals surface area (Å²) in [4.78, 5) is 18.0. The minimum absolute atomic E-state index is 0.109. The smallest absolute Gasteiger partial charge is 0.333 e. The first kappa shape index (κ1) is 26.1. The van der Waals surface area contributed by atoms with Crippen LogP contribution in [0.5, 0.6) is 5.88 Å². The molecule has 2 aliphatic rings. The summed E-state index contributed by atoms with van der Waals surface area (Å²) in [5, 5.41) is 21.2. The van der Waals surface area contributed by atoms with Crippen LogP contribution in [0.15, 0.2) is 49.1 Å². The molecule has 10 nitrogen and oxygen atoms in total. The van der Waals surface area contributed by atoms with Gasteiger partial charge in [0.1, 0.15) is 11.6 Å². The maximum Gasteiger partial charge on any atom is 0.333 e. The number of aliphatic hydroxyl groups is 1. The van der Waals surface area contributed by atoms with E-state index in [1.165, 1.54) is 6.20 Å². The Morgan fingerprint density at radius 1 is 1.10 bits per heavy atom. The molecule has 1 aliphatic carbocycles. The largest absolute Gasteiger partial charge is 0.477 e. The number of hydrogen-bond donors (Lipinski definition) is 3. The number of rotatable bonds is 7. The molecule has 1 aliphatic heterocycles. The third-order valence-electron chi connectivity index (χ3n) is 7.34. The van der Waals surface area contributed by atoms with E-state index in [0.29, 0.717) is 64.4 Å². The van der Waals surface area contributed by atoms with Gasteiger partial charge in [-0.25, -0.2) is 24.6 Å². The molecule has 12 heteroatoms. The Morgan fingerprint density at radius 3 is 2.75 bits per heavy atom. The molecular formula is C28H30F2N8O2. The third kappa shape index (κ3) is 5.71. The Hall–Kier alpha value is -4.19. The summed E-state index contributed by atoms with van der Waals surface area (Å²) >= 11 is 0. The van der Waals surface area contributed by atoms with Crippen molar-refractivity contribution in [3.8, 4) is 28.5 Å². The summed E-state index contributed by atoms with van der Waals surface area (Å²) in [6, 6.07) is 7.23. The standard InChI is InChI=1S/C28H30F2N8O2/c1-28(39)8-4-19(5-9-28)34-22-14-24(32-16-20(22)21-7-11-38(37-21)27(29)30)35-23-6-10-31-25(36-23)18-13-17-3-2-12-40-26(17)33-15-18/h6-7,10-11,13-16,19,27,39H,2-5,8-9,12H2,1H3,(H2,31,32,34,35,36). The Balaban J connectivity index is 1.27. The lowest BCUT2D eigenvalue weighted by Crippen LogP contribution is -2.35. The fourth-order valence-electron chi connectivity index (χ4n) is 5.10. The van der Waals surface area contributed by atoms with Crippen LogP contribution in [0, 0.1) is 0 Å². The Labute approximate surface area is 229 Å². The summed E-state index contributed by atoms with van der Waals surface area (Å²) in [5.74, 6) is 2.24. The van der Waals surface area contributed by atoms with Gasteiger partial charge in [0.05, 0.1) is 17.9 Å². The van der Waals surface area contributed by atoms with Gasteiger partial charge in [0.2, 0.25) is 5.88 Å². The molecule has 0 radical (unpaired) electrons. The van der Waals surface area contributed by atoms with E-state index in [0.717, 1.165) is 36.8 Å². The van der Waals surface area contributed by atoms with Crippen LogP contribution in [0.1, 0.15) is 51.1 Å². The first-order chi connectivity index (χ1) is 19.3. The zero-order valence-electron chi connectivity index (χ0n) is 22.0. The minimum atomic E-state index is -2.73. The van der Waals surface area contributed by atoms with Crippen molar-refractivity contribution in [2.24, 2.45) is 0 Å². The van der Waals surface area contributed by atoms with E-state index in [9.17, 15) is 13.9 Å². The predicted octanol–water partition coefficient (Wildman–Crippen LogP) is 5.37. The average Bonchev–Trinajstić information content (AvgIpc) is 3.45. The van der Waals surface area contributed by atoms with Gasteiger partial charge in [0, 0.05) is 59.3 Å². The highest BCUT2D eigenvalue weighted by Gasteiger charge is 2.29. The van der Waals surface area contributed by atoms with E-state index in [-0.39, 0.29) is 6.04 Å². The monoisotopic (exact) mass is 548 g/mol. The fourth-order valence-corrected chi connectivity index (χ4v) is 5.10. The molecule has 0 unspecified atom stereocenters. The molecule has 4 aromatic heterocycles. The Bertz CT molecular complexity index is 1500. The predicted molar refractivity (Wildman–Crippen MR) is 146 cm³/mol. The van der Waals surface area contributed by atoms with E-state index >= 15 is 0 Å². The number of pyridine rings is 2.